The largest absolute Gasteiger partial charge is 0.493 e. The molecule has 0 atom stereocenters. The Hall–Kier alpha value is -4.29. The summed E-state index contributed by atoms with van der Waals surface area (Å²) in [7, 11) is 1.62. The van der Waals surface area contributed by atoms with Crippen molar-refractivity contribution < 1.29 is 14.3 Å². The first-order valence-electron chi connectivity index (χ1n) is 12.4. The molecule has 1 saturated heterocycles. The monoisotopic (exact) mass is 520 g/mol. The van der Waals surface area contributed by atoms with Crippen LogP contribution in [-0.2, 0) is 24.5 Å². The average molecular weight is 521 g/mol. The van der Waals surface area contributed by atoms with E-state index in [9.17, 15) is 4.79 Å². The van der Waals surface area contributed by atoms with Crippen molar-refractivity contribution in [3.05, 3.63) is 136 Å². The van der Waals surface area contributed by atoms with Crippen LogP contribution in [0.3, 0.4) is 0 Å². The van der Waals surface area contributed by atoms with Crippen LogP contribution in [0.2, 0.25) is 0 Å². The zero-order valence-corrected chi connectivity index (χ0v) is 21.9. The van der Waals surface area contributed by atoms with Crippen LogP contribution in [0.4, 0.5) is 0 Å². The Bertz CT molecular complexity index is 1440. The molecule has 5 nitrogen and oxygen atoms in total. The number of benzene rings is 4. The van der Waals surface area contributed by atoms with Gasteiger partial charge in [0, 0.05) is 0 Å². The number of nitrogens with zero attached hydrogens (tertiary/aromatic N) is 2. The second-order valence-corrected chi connectivity index (χ2v) is 9.77. The Morgan fingerprint density at radius 1 is 0.789 bits per heavy atom. The highest BCUT2D eigenvalue weighted by atomic mass is 32.2. The summed E-state index contributed by atoms with van der Waals surface area (Å²) >= 11 is 1.40. The smallest absolute Gasteiger partial charge is 0.267 e. The second kappa shape index (κ2) is 12.3. The van der Waals surface area contributed by atoms with E-state index in [1.54, 1.807) is 12.0 Å². The van der Waals surface area contributed by atoms with Gasteiger partial charge in [-0.2, -0.15) is 0 Å². The number of carbonyl (C=O) groups is 1. The molecule has 1 amide bonds. The van der Waals surface area contributed by atoms with Crippen molar-refractivity contribution in [1.29, 1.82) is 0 Å². The molecule has 0 aliphatic carbocycles. The maximum absolute atomic E-state index is 13.5. The molecule has 1 aliphatic rings. The summed E-state index contributed by atoms with van der Waals surface area (Å²) in [6.45, 7) is 1.42. The fraction of sp³-hybridized carbons (Fsp3) is 0.125. The van der Waals surface area contributed by atoms with Gasteiger partial charge < -0.3 is 9.47 Å². The molecule has 5 rings (SSSR count). The van der Waals surface area contributed by atoms with E-state index < -0.39 is 0 Å². The van der Waals surface area contributed by atoms with E-state index in [2.05, 4.69) is 0 Å². The van der Waals surface area contributed by atoms with E-state index in [-0.39, 0.29) is 5.91 Å². The molecule has 0 N–H and O–H groups in total. The molecule has 1 aliphatic heterocycles. The zero-order valence-electron chi connectivity index (χ0n) is 21.1. The van der Waals surface area contributed by atoms with Crippen molar-refractivity contribution in [1.82, 2.24) is 4.90 Å². The lowest BCUT2D eigenvalue weighted by molar-refractivity contribution is -0.122. The molecule has 0 bridgehead atoms. The highest BCUT2D eigenvalue weighted by Crippen LogP contribution is 2.36. The van der Waals surface area contributed by atoms with Crippen molar-refractivity contribution in [3.63, 3.8) is 0 Å². The van der Waals surface area contributed by atoms with E-state index in [4.69, 9.17) is 14.5 Å². The number of hydrogen-bond acceptors (Lipinski definition) is 5. The van der Waals surface area contributed by atoms with Crippen LogP contribution < -0.4 is 9.47 Å². The average Bonchev–Trinajstić information content (AvgIpc) is 3.26. The van der Waals surface area contributed by atoms with Gasteiger partial charge >= 0.3 is 0 Å². The van der Waals surface area contributed by atoms with Crippen molar-refractivity contribution in [2.45, 2.75) is 19.7 Å². The van der Waals surface area contributed by atoms with E-state index in [0.717, 1.165) is 22.3 Å². The molecule has 38 heavy (non-hydrogen) atoms. The van der Waals surface area contributed by atoms with Gasteiger partial charge in [-0.15, -0.1) is 0 Å². The third-order valence-corrected chi connectivity index (χ3v) is 7.08. The first-order valence-corrected chi connectivity index (χ1v) is 13.2. The standard InChI is InChI=1S/C32H28N2O3S/c1-36-29-19-27(17-18-28(29)37-23-26-15-9-4-10-16-26)20-30-31(35)34(22-25-13-7-3-8-14-25)32(38-30)33-21-24-11-5-2-6-12-24/h2-20H,21-23H2,1H3/b30-20-,33-32?. The van der Waals surface area contributed by atoms with Crippen LogP contribution in [0.25, 0.3) is 6.08 Å². The van der Waals surface area contributed by atoms with E-state index in [1.165, 1.54) is 11.8 Å². The van der Waals surface area contributed by atoms with Crippen molar-refractivity contribution in [3.8, 4) is 11.5 Å². The lowest BCUT2D eigenvalue weighted by Crippen LogP contribution is -2.28. The van der Waals surface area contributed by atoms with Gasteiger partial charge in [0.05, 0.1) is 25.1 Å². The summed E-state index contributed by atoms with van der Waals surface area (Å²) < 4.78 is 11.6. The van der Waals surface area contributed by atoms with Crippen molar-refractivity contribution in [2.24, 2.45) is 4.99 Å². The van der Waals surface area contributed by atoms with E-state index in [1.807, 2.05) is 115 Å². The van der Waals surface area contributed by atoms with Crippen LogP contribution in [0.15, 0.2) is 119 Å². The Balaban J connectivity index is 1.38. The number of hydrogen-bond donors (Lipinski definition) is 0. The fourth-order valence-corrected chi connectivity index (χ4v) is 5.03. The summed E-state index contributed by atoms with van der Waals surface area (Å²) in [4.78, 5) is 20.7. The molecule has 0 saturated carbocycles. The van der Waals surface area contributed by atoms with Crippen molar-refractivity contribution in [2.75, 3.05) is 7.11 Å². The third kappa shape index (κ3) is 6.33. The van der Waals surface area contributed by atoms with Gasteiger partial charge in [-0.3, -0.25) is 14.7 Å². The molecule has 1 heterocycles. The van der Waals surface area contributed by atoms with E-state index in [0.29, 0.717) is 41.3 Å². The minimum atomic E-state index is -0.0611. The summed E-state index contributed by atoms with van der Waals surface area (Å²) in [5, 5.41) is 0.698. The molecule has 0 aromatic heterocycles. The van der Waals surface area contributed by atoms with Crippen LogP contribution in [0.5, 0.6) is 11.5 Å². The molecular weight excluding hydrogens is 492 g/mol. The lowest BCUT2D eigenvalue weighted by atomic mass is 10.1. The highest BCUT2D eigenvalue weighted by Gasteiger charge is 2.33. The number of thioether (sulfide) groups is 1. The Morgan fingerprint density at radius 3 is 2.08 bits per heavy atom. The molecular formula is C32H28N2O3S. The van der Waals surface area contributed by atoms with Crippen LogP contribution in [0.1, 0.15) is 22.3 Å². The summed E-state index contributed by atoms with van der Waals surface area (Å²) in [6.07, 6.45) is 1.89. The van der Waals surface area contributed by atoms with E-state index >= 15 is 0 Å². The Kier molecular flexibility index (Phi) is 8.21. The van der Waals surface area contributed by atoms with Gasteiger partial charge in [0.2, 0.25) is 0 Å². The van der Waals surface area contributed by atoms with Gasteiger partial charge in [0.25, 0.3) is 5.91 Å². The van der Waals surface area contributed by atoms with Gasteiger partial charge in [0.15, 0.2) is 16.7 Å². The van der Waals surface area contributed by atoms with Gasteiger partial charge in [0.1, 0.15) is 6.61 Å². The SMILES string of the molecule is COc1cc(/C=C2\SC(=NCc3ccccc3)N(Cc3ccccc3)C2=O)ccc1OCc1ccccc1. The normalized spacial score (nSPS) is 15.3. The highest BCUT2D eigenvalue weighted by molar-refractivity contribution is 8.18. The molecule has 0 spiro atoms. The number of aliphatic imine (C=N–C) groups is 1. The minimum Gasteiger partial charge on any atom is -0.493 e. The maximum atomic E-state index is 13.5. The van der Waals surface area contributed by atoms with Crippen LogP contribution in [-0.4, -0.2) is 23.1 Å². The molecule has 6 heteroatoms. The van der Waals surface area contributed by atoms with Crippen LogP contribution >= 0.6 is 11.8 Å². The Morgan fingerprint density at radius 2 is 1.42 bits per heavy atom. The Labute approximate surface area is 227 Å². The summed E-state index contributed by atoms with van der Waals surface area (Å²) in [5.74, 6) is 1.21. The first kappa shape index (κ1) is 25.4. The number of methoxy groups -OCH3 is 1. The fourth-order valence-electron chi connectivity index (χ4n) is 4.05. The molecule has 4 aromatic rings. The lowest BCUT2D eigenvalue weighted by Gasteiger charge is -2.15. The molecule has 1 fully saturated rings. The summed E-state index contributed by atoms with van der Waals surface area (Å²) in [6, 6.07) is 35.7. The molecule has 4 aromatic carbocycles. The molecule has 0 radical (unpaired) electrons. The molecule has 190 valence electrons. The van der Waals surface area contributed by atoms with Gasteiger partial charge in [-0.25, -0.2) is 0 Å². The number of ether oxygens (including phenoxy) is 2. The number of rotatable bonds is 9. The third-order valence-electron chi connectivity index (χ3n) is 6.03. The number of amidine groups is 1. The predicted molar refractivity (Wildman–Crippen MR) is 154 cm³/mol. The van der Waals surface area contributed by atoms with Crippen molar-refractivity contribution >= 4 is 28.9 Å². The number of amides is 1. The minimum absolute atomic E-state index is 0.0611. The van der Waals surface area contributed by atoms with Gasteiger partial charge in [-0.05, 0) is 52.2 Å². The maximum Gasteiger partial charge on any atom is 0.267 e. The zero-order chi connectivity index (χ0) is 26.2. The van der Waals surface area contributed by atoms with Gasteiger partial charge in [-0.1, -0.05) is 97.1 Å². The summed E-state index contributed by atoms with van der Waals surface area (Å²) in [5.41, 5.74) is 4.08. The number of carbonyl (C=O) groups excluding carboxylic acids is 1. The second-order valence-electron chi connectivity index (χ2n) is 8.76. The topological polar surface area (TPSA) is 51.1 Å². The first-order chi connectivity index (χ1) is 18.7. The van der Waals surface area contributed by atoms with Crippen LogP contribution in [0, 0.1) is 0 Å². The predicted octanol–water partition coefficient (Wildman–Crippen LogP) is 6.95. The molecule has 0 unspecified atom stereocenters. The quantitative estimate of drug-likeness (QED) is 0.224.